The van der Waals surface area contributed by atoms with Crippen molar-refractivity contribution < 1.29 is 14.0 Å². The molecular formula is C18H12ClFN2O2S. The molecule has 126 valence electrons. The van der Waals surface area contributed by atoms with Gasteiger partial charge >= 0.3 is 5.97 Å². The summed E-state index contributed by atoms with van der Waals surface area (Å²) in [5.74, 6) is -1.72. The van der Waals surface area contributed by atoms with Gasteiger partial charge in [-0.05, 0) is 19.1 Å². The summed E-state index contributed by atoms with van der Waals surface area (Å²) in [4.78, 5) is 21.2. The maximum absolute atomic E-state index is 13.7. The Bertz CT molecular complexity index is 921. The van der Waals surface area contributed by atoms with Crippen LogP contribution in [0.1, 0.15) is 23.0 Å². The van der Waals surface area contributed by atoms with Crippen molar-refractivity contribution in [3.63, 3.8) is 0 Å². The third-order valence-electron chi connectivity index (χ3n) is 3.33. The van der Waals surface area contributed by atoms with E-state index >= 15 is 0 Å². The minimum absolute atomic E-state index is 0.0297. The first kappa shape index (κ1) is 17.3. The van der Waals surface area contributed by atoms with Crippen molar-refractivity contribution in [2.45, 2.75) is 6.92 Å². The number of halogens is 2. The topological polar surface area (TPSA) is 51.5 Å². The van der Waals surface area contributed by atoms with Gasteiger partial charge in [0.15, 0.2) is 0 Å². The van der Waals surface area contributed by atoms with Crippen LogP contribution in [0.2, 0.25) is 5.02 Å². The lowest BCUT2D eigenvalue weighted by Crippen LogP contribution is -2.07. The van der Waals surface area contributed by atoms with Crippen molar-refractivity contribution in [1.82, 2.24) is 4.98 Å². The average molecular weight is 375 g/mol. The Hall–Kier alpha value is -2.57. The molecule has 0 bridgehead atoms. The molecule has 0 amide bonds. The summed E-state index contributed by atoms with van der Waals surface area (Å²) in [6.45, 7) is 1.65. The van der Waals surface area contributed by atoms with E-state index in [0.29, 0.717) is 11.4 Å². The Morgan fingerprint density at radius 2 is 1.96 bits per heavy atom. The van der Waals surface area contributed by atoms with E-state index in [-0.39, 0.29) is 10.6 Å². The SMILES string of the molecule is C/C(=N\OC(=O)c1c(F)cccc1Cl)c1csc(-c2ccccc2)n1. The van der Waals surface area contributed by atoms with E-state index in [2.05, 4.69) is 10.1 Å². The van der Waals surface area contributed by atoms with E-state index in [0.717, 1.165) is 16.6 Å². The summed E-state index contributed by atoms with van der Waals surface area (Å²) >= 11 is 7.28. The normalized spacial score (nSPS) is 11.4. The van der Waals surface area contributed by atoms with Gasteiger partial charge in [0, 0.05) is 10.9 Å². The zero-order chi connectivity index (χ0) is 17.8. The summed E-state index contributed by atoms with van der Waals surface area (Å²) < 4.78 is 13.7. The molecule has 3 rings (SSSR count). The highest BCUT2D eigenvalue weighted by Crippen LogP contribution is 2.24. The molecule has 0 saturated heterocycles. The quantitative estimate of drug-likeness (QED) is 0.359. The maximum Gasteiger partial charge on any atom is 0.370 e. The number of carbonyl (C=O) groups excluding carboxylic acids is 1. The zero-order valence-corrected chi connectivity index (χ0v) is 14.6. The summed E-state index contributed by atoms with van der Waals surface area (Å²) in [6.07, 6.45) is 0. The molecule has 1 heterocycles. The molecule has 0 unspecified atom stereocenters. The Morgan fingerprint density at radius 3 is 2.68 bits per heavy atom. The van der Waals surface area contributed by atoms with E-state index in [4.69, 9.17) is 16.4 Å². The number of hydrogen-bond acceptors (Lipinski definition) is 5. The molecule has 0 N–H and O–H groups in total. The van der Waals surface area contributed by atoms with Gasteiger partial charge in [0.2, 0.25) is 0 Å². The third-order valence-corrected chi connectivity index (χ3v) is 4.53. The number of rotatable bonds is 4. The largest absolute Gasteiger partial charge is 0.370 e. The lowest BCUT2D eigenvalue weighted by Gasteiger charge is -2.03. The predicted octanol–water partition coefficient (Wildman–Crippen LogP) is 5.18. The molecule has 3 aromatic rings. The number of oxime groups is 1. The summed E-state index contributed by atoms with van der Waals surface area (Å²) in [5, 5.41) is 6.35. The van der Waals surface area contributed by atoms with Crippen LogP contribution < -0.4 is 0 Å². The van der Waals surface area contributed by atoms with Crippen molar-refractivity contribution >= 4 is 34.6 Å². The van der Waals surface area contributed by atoms with Gasteiger partial charge in [0.05, 0.1) is 10.7 Å². The molecule has 2 aromatic carbocycles. The molecule has 0 aliphatic carbocycles. The molecule has 7 heteroatoms. The van der Waals surface area contributed by atoms with Gasteiger partial charge in [-0.15, -0.1) is 11.3 Å². The van der Waals surface area contributed by atoms with E-state index < -0.39 is 11.8 Å². The first-order valence-electron chi connectivity index (χ1n) is 7.27. The Kier molecular flexibility index (Phi) is 5.21. The monoisotopic (exact) mass is 374 g/mol. The smallest absolute Gasteiger partial charge is 0.312 e. The summed E-state index contributed by atoms with van der Waals surface area (Å²) in [7, 11) is 0. The van der Waals surface area contributed by atoms with Gasteiger partial charge in [-0.3, -0.25) is 0 Å². The zero-order valence-electron chi connectivity index (χ0n) is 13.1. The Labute approximate surface area is 152 Å². The van der Waals surface area contributed by atoms with E-state index in [1.807, 2.05) is 35.7 Å². The minimum Gasteiger partial charge on any atom is -0.312 e. The Balaban J connectivity index is 1.76. The lowest BCUT2D eigenvalue weighted by atomic mass is 10.2. The van der Waals surface area contributed by atoms with E-state index in [9.17, 15) is 9.18 Å². The Morgan fingerprint density at radius 1 is 1.20 bits per heavy atom. The van der Waals surface area contributed by atoms with Crippen molar-refractivity contribution in [1.29, 1.82) is 0 Å². The number of aromatic nitrogens is 1. The van der Waals surface area contributed by atoms with Crippen LogP contribution in [0.25, 0.3) is 10.6 Å². The van der Waals surface area contributed by atoms with Crippen LogP contribution in [0.4, 0.5) is 4.39 Å². The van der Waals surface area contributed by atoms with Crippen molar-refractivity contribution in [2.75, 3.05) is 0 Å². The molecule has 4 nitrogen and oxygen atoms in total. The van der Waals surface area contributed by atoms with Crippen LogP contribution in [0.5, 0.6) is 0 Å². The first-order valence-corrected chi connectivity index (χ1v) is 8.53. The molecule has 0 fully saturated rings. The molecule has 0 aliphatic rings. The minimum atomic E-state index is -0.957. The number of thiazole rings is 1. The number of carbonyl (C=O) groups is 1. The van der Waals surface area contributed by atoms with Crippen LogP contribution >= 0.6 is 22.9 Å². The van der Waals surface area contributed by atoms with Crippen LogP contribution in [0, 0.1) is 5.82 Å². The lowest BCUT2D eigenvalue weighted by molar-refractivity contribution is 0.0511. The fourth-order valence-corrected chi connectivity index (χ4v) is 3.16. The molecule has 0 saturated carbocycles. The highest BCUT2D eigenvalue weighted by atomic mass is 35.5. The van der Waals surface area contributed by atoms with Crippen LogP contribution in [0.3, 0.4) is 0 Å². The highest BCUT2D eigenvalue weighted by Gasteiger charge is 2.18. The van der Waals surface area contributed by atoms with Crippen molar-refractivity contribution in [2.24, 2.45) is 5.16 Å². The van der Waals surface area contributed by atoms with Crippen molar-refractivity contribution in [3.8, 4) is 10.6 Å². The fraction of sp³-hybridized carbons (Fsp3) is 0.0556. The standard InChI is InChI=1S/C18H12ClFN2O2S/c1-11(15-10-25-17(21-15)12-6-3-2-4-7-12)22-24-18(23)16-13(19)8-5-9-14(16)20/h2-10H,1H3/b22-11+. The molecule has 0 aliphatic heterocycles. The number of hydrogen-bond donors (Lipinski definition) is 0. The van der Waals surface area contributed by atoms with Crippen molar-refractivity contribution in [3.05, 3.63) is 76.0 Å². The van der Waals surface area contributed by atoms with Gasteiger partial charge in [0.25, 0.3) is 0 Å². The third kappa shape index (κ3) is 3.92. The second kappa shape index (κ2) is 7.55. The predicted molar refractivity (Wildman–Crippen MR) is 96.6 cm³/mol. The molecule has 0 spiro atoms. The fourth-order valence-electron chi connectivity index (χ4n) is 2.05. The molecule has 1 aromatic heterocycles. The molecule has 0 radical (unpaired) electrons. The second-order valence-electron chi connectivity index (χ2n) is 5.06. The second-order valence-corrected chi connectivity index (χ2v) is 6.32. The summed E-state index contributed by atoms with van der Waals surface area (Å²) in [6, 6.07) is 13.6. The van der Waals surface area contributed by atoms with Gasteiger partial charge in [-0.1, -0.05) is 53.2 Å². The van der Waals surface area contributed by atoms with Gasteiger partial charge in [0.1, 0.15) is 22.1 Å². The van der Waals surface area contributed by atoms with Crippen LogP contribution in [-0.2, 0) is 4.84 Å². The van der Waals surface area contributed by atoms with Crippen LogP contribution in [0.15, 0.2) is 59.1 Å². The van der Waals surface area contributed by atoms with Gasteiger partial charge in [-0.25, -0.2) is 14.2 Å². The van der Waals surface area contributed by atoms with Gasteiger partial charge < -0.3 is 4.84 Å². The molecule has 0 atom stereocenters. The summed E-state index contributed by atoms with van der Waals surface area (Å²) in [5.41, 5.74) is 1.63. The number of benzene rings is 2. The highest BCUT2D eigenvalue weighted by molar-refractivity contribution is 7.13. The molecule has 25 heavy (non-hydrogen) atoms. The van der Waals surface area contributed by atoms with Crippen LogP contribution in [-0.4, -0.2) is 16.7 Å². The number of nitrogens with zero attached hydrogens (tertiary/aromatic N) is 2. The first-order chi connectivity index (χ1) is 12.1. The van der Waals surface area contributed by atoms with E-state index in [1.54, 1.807) is 6.92 Å². The maximum atomic E-state index is 13.7. The molecular weight excluding hydrogens is 363 g/mol. The van der Waals surface area contributed by atoms with E-state index in [1.165, 1.54) is 23.5 Å². The van der Waals surface area contributed by atoms with Gasteiger partial charge in [-0.2, -0.15) is 0 Å². The average Bonchev–Trinajstić information content (AvgIpc) is 3.10.